The molecule has 0 unspecified atom stereocenters. The SMILES string of the molecule is Cc1cccc(CCNc2ccc([N+](=O)[O-])cc2C)c1. The predicted molar refractivity (Wildman–Crippen MR) is 81.2 cm³/mol. The average molecular weight is 270 g/mol. The van der Waals surface area contributed by atoms with Crippen molar-refractivity contribution in [2.24, 2.45) is 0 Å². The number of nitrogens with one attached hydrogen (secondary N) is 1. The quantitative estimate of drug-likeness (QED) is 0.663. The van der Waals surface area contributed by atoms with Gasteiger partial charge in [-0.05, 0) is 37.5 Å². The second-order valence-electron chi connectivity index (χ2n) is 4.92. The van der Waals surface area contributed by atoms with E-state index in [-0.39, 0.29) is 10.6 Å². The number of nitrogens with zero attached hydrogens (tertiary/aromatic N) is 1. The van der Waals surface area contributed by atoms with Crippen LogP contribution >= 0.6 is 0 Å². The maximum atomic E-state index is 10.7. The van der Waals surface area contributed by atoms with Crippen molar-refractivity contribution < 1.29 is 4.92 Å². The van der Waals surface area contributed by atoms with Crippen molar-refractivity contribution in [3.8, 4) is 0 Å². The molecule has 0 aliphatic rings. The highest BCUT2D eigenvalue weighted by molar-refractivity contribution is 5.55. The van der Waals surface area contributed by atoms with E-state index in [1.54, 1.807) is 12.1 Å². The molecule has 20 heavy (non-hydrogen) atoms. The average Bonchev–Trinajstić information content (AvgIpc) is 2.40. The van der Waals surface area contributed by atoms with Crippen LogP contribution in [0.5, 0.6) is 0 Å². The lowest BCUT2D eigenvalue weighted by Crippen LogP contribution is -2.06. The molecule has 0 atom stereocenters. The molecule has 0 spiro atoms. The van der Waals surface area contributed by atoms with Crippen LogP contribution in [0.1, 0.15) is 16.7 Å². The van der Waals surface area contributed by atoms with E-state index in [0.29, 0.717) is 0 Å². The number of rotatable bonds is 5. The van der Waals surface area contributed by atoms with E-state index in [0.717, 1.165) is 24.2 Å². The first-order chi connectivity index (χ1) is 9.56. The lowest BCUT2D eigenvalue weighted by Gasteiger charge is -2.09. The summed E-state index contributed by atoms with van der Waals surface area (Å²) in [7, 11) is 0. The van der Waals surface area contributed by atoms with Crippen LogP contribution in [0.25, 0.3) is 0 Å². The zero-order valence-corrected chi connectivity index (χ0v) is 11.7. The van der Waals surface area contributed by atoms with Crippen molar-refractivity contribution in [2.45, 2.75) is 20.3 Å². The van der Waals surface area contributed by atoms with Gasteiger partial charge in [-0.15, -0.1) is 0 Å². The monoisotopic (exact) mass is 270 g/mol. The molecule has 0 saturated carbocycles. The van der Waals surface area contributed by atoms with Crippen LogP contribution in [0.4, 0.5) is 11.4 Å². The third-order valence-electron chi connectivity index (χ3n) is 3.23. The first-order valence-corrected chi connectivity index (χ1v) is 6.61. The molecule has 0 heterocycles. The third-order valence-corrected chi connectivity index (χ3v) is 3.23. The van der Waals surface area contributed by atoms with Gasteiger partial charge in [0.1, 0.15) is 0 Å². The molecule has 0 radical (unpaired) electrons. The molecule has 0 amide bonds. The Morgan fingerprint density at radius 1 is 1.15 bits per heavy atom. The van der Waals surface area contributed by atoms with E-state index in [9.17, 15) is 10.1 Å². The van der Waals surface area contributed by atoms with Gasteiger partial charge in [-0.3, -0.25) is 10.1 Å². The Kier molecular flexibility index (Phi) is 4.35. The van der Waals surface area contributed by atoms with Crippen LogP contribution < -0.4 is 5.32 Å². The van der Waals surface area contributed by atoms with Gasteiger partial charge in [-0.1, -0.05) is 29.8 Å². The van der Waals surface area contributed by atoms with Crippen molar-refractivity contribution in [1.82, 2.24) is 0 Å². The fourth-order valence-corrected chi connectivity index (χ4v) is 2.17. The minimum atomic E-state index is -0.372. The molecule has 4 nitrogen and oxygen atoms in total. The lowest BCUT2D eigenvalue weighted by atomic mass is 10.1. The largest absolute Gasteiger partial charge is 0.384 e. The van der Waals surface area contributed by atoms with E-state index in [1.165, 1.54) is 17.2 Å². The molecule has 1 N–H and O–H groups in total. The lowest BCUT2D eigenvalue weighted by molar-refractivity contribution is -0.384. The van der Waals surface area contributed by atoms with Crippen LogP contribution in [0.3, 0.4) is 0 Å². The summed E-state index contributed by atoms with van der Waals surface area (Å²) in [6, 6.07) is 13.3. The van der Waals surface area contributed by atoms with Gasteiger partial charge in [0.05, 0.1) is 4.92 Å². The second-order valence-corrected chi connectivity index (χ2v) is 4.92. The maximum Gasteiger partial charge on any atom is 0.269 e. The molecule has 0 saturated heterocycles. The highest BCUT2D eigenvalue weighted by atomic mass is 16.6. The van der Waals surface area contributed by atoms with E-state index < -0.39 is 0 Å². The molecule has 0 bridgehead atoms. The number of nitro benzene ring substituents is 1. The minimum absolute atomic E-state index is 0.131. The highest BCUT2D eigenvalue weighted by Gasteiger charge is 2.07. The zero-order chi connectivity index (χ0) is 14.5. The summed E-state index contributed by atoms with van der Waals surface area (Å²) in [5.74, 6) is 0. The Bertz CT molecular complexity index is 624. The van der Waals surface area contributed by atoms with Crippen molar-refractivity contribution in [3.05, 3.63) is 69.3 Å². The number of nitro groups is 1. The van der Waals surface area contributed by atoms with E-state index in [1.807, 2.05) is 6.92 Å². The van der Waals surface area contributed by atoms with Gasteiger partial charge in [0.2, 0.25) is 0 Å². The highest BCUT2D eigenvalue weighted by Crippen LogP contribution is 2.21. The number of aryl methyl sites for hydroxylation is 2. The van der Waals surface area contributed by atoms with E-state index >= 15 is 0 Å². The van der Waals surface area contributed by atoms with Crippen LogP contribution in [0.2, 0.25) is 0 Å². The topological polar surface area (TPSA) is 55.2 Å². The van der Waals surface area contributed by atoms with Crippen LogP contribution in [-0.4, -0.2) is 11.5 Å². The Hall–Kier alpha value is -2.36. The summed E-state index contributed by atoms with van der Waals surface area (Å²) in [5, 5.41) is 14.0. The molecule has 0 fully saturated rings. The summed E-state index contributed by atoms with van der Waals surface area (Å²) in [5.41, 5.74) is 4.52. The summed E-state index contributed by atoms with van der Waals surface area (Å²) >= 11 is 0. The first-order valence-electron chi connectivity index (χ1n) is 6.61. The van der Waals surface area contributed by atoms with Crippen LogP contribution in [0, 0.1) is 24.0 Å². The van der Waals surface area contributed by atoms with Crippen LogP contribution in [0.15, 0.2) is 42.5 Å². The predicted octanol–water partition coefficient (Wildman–Crippen LogP) is 3.87. The molecular weight excluding hydrogens is 252 g/mol. The standard InChI is InChI=1S/C16H18N2O2/c1-12-4-3-5-14(10-12)8-9-17-16-7-6-15(18(19)20)11-13(16)2/h3-7,10-11,17H,8-9H2,1-2H3. The number of non-ortho nitro benzene ring substituents is 1. The summed E-state index contributed by atoms with van der Waals surface area (Å²) < 4.78 is 0. The normalized spacial score (nSPS) is 10.3. The van der Waals surface area contributed by atoms with E-state index in [2.05, 4.69) is 36.5 Å². The Labute approximate surface area is 118 Å². The van der Waals surface area contributed by atoms with Gasteiger partial charge in [0, 0.05) is 24.4 Å². The molecular formula is C16H18N2O2. The van der Waals surface area contributed by atoms with Gasteiger partial charge < -0.3 is 5.32 Å². The number of benzene rings is 2. The second kappa shape index (κ2) is 6.19. The molecule has 104 valence electrons. The Morgan fingerprint density at radius 3 is 2.60 bits per heavy atom. The van der Waals surface area contributed by atoms with Crippen molar-refractivity contribution in [3.63, 3.8) is 0 Å². The maximum absolute atomic E-state index is 10.7. The summed E-state index contributed by atoms with van der Waals surface area (Å²) in [6.45, 7) is 4.77. The van der Waals surface area contributed by atoms with Crippen molar-refractivity contribution in [1.29, 1.82) is 0 Å². The third kappa shape index (κ3) is 3.57. The molecule has 2 rings (SSSR count). The first kappa shape index (κ1) is 14.1. The van der Waals surface area contributed by atoms with Crippen molar-refractivity contribution >= 4 is 11.4 Å². The van der Waals surface area contributed by atoms with Gasteiger partial charge in [-0.2, -0.15) is 0 Å². The Morgan fingerprint density at radius 2 is 1.95 bits per heavy atom. The fourth-order valence-electron chi connectivity index (χ4n) is 2.17. The molecule has 0 aliphatic carbocycles. The van der Waals surface area contributed by atoms with Gasteiger partial charge >= 0.3 is 0 Å². The number of hydrogen-bond donors (Lipinski definition) is 1. The van der Waals surface area contributed by atoms with Gasteiger partial charge in [0.25, 0.3) is 5.69 Å². The van der Waals surface area contributed by atoms with Crippen LogP contribution in [-0.2, 0) is 6.42 Å². The summed E-state index contributed by atoms with van der Waals surface area (Å²) in [6.07, 6.45) is 0.929. The van der Waals surface area contributed by atoms with E-state index in [4.69, 9.17) is 0 Å². The minimum Gasteiger partial charge on any atom is -0.384 e. The Balaban J connectivity index is 1.96. The molecule has 0 aromatic heterocycles. The number of hydrogen-bond acceptors (Lipinski definition) is 3. The van der Waals surface area contributed by atoms with Crippen molar-refractivity contribution in [2.75, 3.05) is 11.9 Å². The fraction of sp³-hybridized carbons (Fsp3) is 0.250. The zero-order valence-electron chi connectivity index (χ0n) is 11.7. The van der Waals surface area contributed by atoms with Gasteiger partial charge in [0.15, 0.2) is 0 Å². The van der Waals surface area contributed by atoms with Gasteiger partial charge in [-0.25, -0.2) is 0 Å². The molecule has 4 heteroatoms. The smallest absolute Gasteiger partial charge is 0.269 e. The molecule has 0 aliphatic heterocycles. The summed E-state index contributed by atoms with van der Waals surface area (Å²) in [4.78, 5) is 10.3. The number of anilines is 1. The molecule has 2 aromatic carbocycles. The molecule has 2 aromatic rings.